The van der Waals surface area contributed by atoms with Gasteiger partial charge in [-0.1, -0.05) is 36.4 Å². The lowest BCUT2D eigenvalue weighted by Crippen LogP contribution is -2.15. The molecule has 1 N–H and O–H groups in total. The van der Waals surface area contributed by atoms with Gasteiger partial charge >= 0.3 is 0 Å². The van der Waals surface area contributed by atoms with E-state index in [-0.39, 0.29) is 0 Å². The molecule has 96 valence electrons. The lowest BCUT2D eigenvalue weighted by Gasteiger charge is -2.13. The van der Waals surface area contributed by atoms with Gasteiger partial charge in [0.25, 0.3) is 0 Å². The average Bonchev–Trinajstić information content (AvgIpc) is 2.87. The van der Waals surface area contributed by atoms with Crippen LogP contribution in [0.2, 0.25) is 0 Å². The van der Waals surface area contributed by atoms with E-state index in [0.717, 1.165) is 16.3 Å². The molecule has 1 aromatic heterocycles. The highest BCUT2D eigenvalue weighted by molar-refractivity contribution is 7.13. The number of fused-ring (bicyclic) bond motifs is 1. The lowest BCUT2D eigenvalue weighted by molar-refractivity contribution is 0.0746. The molecular weight excluding hydrogens is 254 g/mol. The van der Waals surface area contributed by atoms with Gasteiger partial charge in [-0.25, -0.2) is 4.98 Å². The Labute approximate surface area is 116 Å². The second kappa shape index (κ2) is 4.44. The standard InChI is InChI=1S/C16H15NOS/c1-16(2,18)14-10-19-15(17-14)13-8-7-11-5-3-4-6-12(11)9-13/h3-10,18H,1-2H3. The minimum Gasteiger partial charge on any atom is -0.384 e. The van der Waals surface area contributed by atoms with Gasteiger partial charge in [-0.2, -0.15) is 0 Å². The molecule has 0 spiro atoms. The molecule has 0 unspecified atom stereocenters. The Morgan fingerprint density at radius 1 is 1.05 bits per heavy atom. The van der Waals surface area contributed by atoms with Crippen molar-refractivity contribution in [2.45, 2.75) is 19.4 Å². The van der Waals surface area contributed by atoms with Crippen molar-refractivity contribution in [3.63, 3.8) is 0 Å². The summed E-state index contributed by atoms with van der Waals surface area (Å²) in [5.74, 6) is 0. The largest absolute Gasteiger partial charge is 0.384 e. The fourth-order valence-corrected chi connectivity index (χ4v) is 2.99. The highest BCUT2D eigenvalue weighted by Gasteiger charge is 2.19. The van der Waals surface area contributed by atoms with Gasteiger partial charge < -0.3 is 5.11 Å². The molecule has 2 nitrogen and oxygen atoms in total. The topological polar surface area (TPSA) is 33.1 Å². The van der Waals surface area contributed by atoms with Crippen LogP contribution in [-0.2, 0) is 5.60 Å². The Morgan fingerprint density at radius 3 is 2.47 bits per heavy atom. The first-order chi connectivity index (χ1) is 9.04. The molecular formula is C16H15NOS. The summed E-state index contributed by atoms with van der Waals surface area (Å²) in [5.41, 5.74) is 0.936. The highest BCUT2D eigenvalue weighted by atomic mass is 32.1. The van der Waals surface area contributed by atoms with Crippen LogP contribution in [-0.4, -0.2) is 10.1 Å². The summed E-state index contributed by atoms with van der Waals surface area (Å²) < 4.78 is 0. The van der Waals surface area contributed by atoms with E-state index in [0.29, 0.717) is 0 Å². The van der Waals surface area contributed by atoms with Gasteiger partial charge in [-0.15, -0.1) is 11.3 Å². The van der Waals surface area contributed by atoms with Gasteiger partial charge in [-0.05, 0) is 30.7 Å². The van der Waals surface area contributed by atoms with Crippen LogP contribution in [0, 0.1) is 0 Å². The molecule has 3 aromatic rings. The van der Waals surface area contributed by atoms with E-state index in [2.05, 4.69) is 35.3 Å². The first-order valence-corrected chi connectivity index (χ1v) is 7.09. The first kappa shape index (κ1) is 12.3. The SMILES string of the molecule is CC(C)(O)c1csc(-c2ccc3ccccc3c2)n1. The maximum absolute atomic E-state index is 9.97. The van der Waals surface area contributed by atoms with Crippen LogP contribution in [0.15, 0.2) is 47.8 Å². The molecule has 1 heterocycles. The summed E-state index contributed by atoms with van der Waals surface area (Å²) in [6.07, 6.45) is 0. The van der Waals surface area contributed by atoms with E-state index >= 15 is 0 Å². The fraction of sp³-hybridized carbons (Fsp3) is 0.188. The van der Waals surface area contributed by atoms with Crippen molar-refractivity contribution in [3.05, 3.63) is 53.5 Å². The maximum Gasteiger partial charge on any atom is 0.123 e. The molecule has 0 radical (unpaired) electrons. The molecule has 0 atom stereocenters. The number of aliphatic hydroxyl groups is 1. The monoisotopic (exact) mass is 269 g/mol. The molecule has 0 saturated carbocycles. The third kappa shape index (κ3) is 2.39. The van der Waals surface area contributed by atoms with E-state index in [1.54, 1.807) is 25.2 Å². The predicted molar refractivity (Wildman–Crippen MR) is 80.3 cm³/mol. The van der Waals surface area contributed by atoms with Crippen molar-refractivity contribution < 1.29 is 5.11 Å². The Balaban J connectivity index is 2.07. The smallest absolute Gasteiger partial charge is 0.123 e. The van der Waals surface area contributed by atoms with Crippen LogP contribution in [0.3, 0.4) is 0 Å². The summed E-state index contributed by atoms with van der Waals surface area (Å²) in [6.45, 7) is 3.51. The first-order valence-electron chi connectivity index (χ1n) is 6.21. The quantitative estimate of drug-likeness (QED) is 0.756. The van der Waals surface area contributed by atoms with Crippen molar-refractivity contribution in [2.75, 3.05) is 0 Å². The molecule has 0 saturated heterocycles. The van der Waals surface area contributed by atoms with E-state index in [4.69, 9.17) is 0 Å². The van der Waals surface area contributed by atoms with Crippen LogP contribution >= 0.6 is 11.3 Å². The average molecular weight is 269 g/mol. The van der Waals surface area contributed by atoms with Crippen molar-refractivity contribution >= 4 is 22.1 Å². The van der Waals surface area contributed by atoms with Gasteiger partial charge in [0.1, 0.15) is 10.6 Å². The van der Waals surface area contributed by atoms with Gasteiger partial charge in [0.2, 0.25) is 0 Å². The summed E-state index contributed by atoms with van der Waals surface area (Å²) >= 11 is 1.57. The van der Waals surface area contributed by atoms with Crippen LogP contribution in [0.1, 0.15) is 19.5 Å². The minimum absolute atomic E-state index is 0.723. The molecule has 3 rings (SSSR count). The fourth-order valence-electron chi connectivity index (χ4n) is 2.01. The van der Waals surface area contributed by atoms with Crippen LogP contribution in [0.25, 0.3) is 21.3 Å². The number of hydrogen-bond acceptors (Lipinski definition) is 3. The Kier molecular flexibility index (Phi) is 2.88. The molecule has 19 heavy (non-hydrogen) atoms. The molecule has 0 bridgehead atoms. The molecule has 0 aliphatic carbocycles. The lowest BCUT2D eigenvalue weighted by atomic mass is 10.1. The zero-order valence-corrected chi connectivity index (χ0v) is 11.7. The van der Waals surface area contributed by atoms with Gasteiger partial charge in [-0.3, -0.25) is 0 Å². The third-order valence-electron chi connectivity index (χ3n) is 3.13. The second-order valence-electron chi connectivity index (χ2n) is 5.16. The second-order valence-corrected chi connectivity index (χ2v) is 6.02. The summed E-state index contributed by atoms with van der Waals surface area (Å²) in [5, 5.41) is 15.3. The third-order valence-corrected chi connectivity index (χ3v) is 4.02. The van der Waals surface area contributed by atoms with E-state index in [9.17, 15) is 5.11 Å². The molecule has 2 aromatic carbocycles. The van der Waals surface area contributed by atoms with Crippen LogP contribution in [0.4, 0.5) is 0 Å². The van der Waals surface area contributed by atoms with Crippen LogP contribution in [0.5, 0.6) is 0 Å². The van der Waals surface area contributed by atoms with Crippen molar-refractivity contribution in [3.8, 4) is 10.6 Å². The normalized spacial score (nSPS) is 11.9. The Hall–Kier alpha value is -1.71. The number of benzene rings is 2. The summed E-state index contributed by atoms with van der Waals surface area (Å²) in [7, 11) is 0. The van der Waals surface area contributed by atoms with Gasteiger partial charge in [0, 0.05) is 10.9 Å². The number of aromatic nitrogens is 1. The van der Waals surface area contributed by atoms with Crippen molar-refractivity contribution in [1.82, 2.24) is 4.98 Å². The molecule has 0 aliphatic heterocycles. The number of hydrogen-bond donors (Lipinski definition) is 1. The van der Waals surface area contributed by atoms with Crippen LogP contribution < -0.4 is 0 Å². The molecule has 0 aliphatic rings. The summed E-state index contributed by atoms with van der Waals surface area (Å²) in [4.78, 5) is 4.53. The predicted octanol–water partition coefficient (Wildman–Crippen LogP) is 4.19. The molecule has 0 amide bonds. The zero-order chi connectivity index (χ0) is 13.5. The number of rotatable bonds is 2. The zero-order valence-electron chi connectivity index (χ0n) is 10.9. The Morgan fingerprint density at radius 2 is 1.79 bits per heavy atom. The molecule has 0 fully saturated rings. The molecule has 3 heteroatoms. The summed E-state index contributed by atoms with van der Waals surface area (Å²) in [6, 6.07) is 14.6. The van der Waals surface area contributed by atoms with Gasteiger partial charge in [0.15, 0.2) is 0 Å². The van der Waals surface area contributed by atoms with Crippen molar-refractivity contribution in [2.24, 2.45) is 0 Å². The highest BCUT2D eigenvalue weighted by Crippen LogP contribution is 2.30. The van der Waals surface area contributed by atoms with Crippen molar-refractivity contribution in [1.29, 1.82) is 0 Å². The maximum atomic E-state index is 9.97. The van der Waals surface area contributed by atoms with E-state index < -0.39 is 5.60 Å². The number of thiazole rings is 1. The minimum atomic E-state index is -0.883. The van der Waals surface area contributed by atoms with Gasteiger partial charge in [0.05, 0.1) is 5.69 Å². The number of nitrogens with zero attached hydrogens (tertiary/aromatic N) is 1. The Bertz CT molecular complexity index is 725. The van der Waals surface area contributed by atoms with E-state index in [1.165, 1.54) is 10.8 Å². The van der Waals surface area contributed by atoms with E-state index in [1.807, 2.05) is 17.5 Å².